The van der Waals surface area contributed by atoms with E-state index in [1.165, 1.54) is 12.8 Å². The van der Waals surface area contributed by atoms with Gasteiger partial charge in [0.15, 0.2) is 11.5 Å². The van der Waals surface area contributed by atoms with Gasteiger partial charge in [-0.05, 0) is 50.3 Å². The molecule has 0 aromatic heterocycles. The van der Waals surface area contributed by atoms with E-state index in [2.05, 4.69) is 0 Å². The predicted octanol–water partition coefficient (Wildman–Crippen LogP) is 3.04. The van der Waals surface area contributed by atoms with Crippen LogP contribution < -0.4 is 15.2 Å². The lowest BCUT2D eigenvalue weighted by molar-refractivity contribution is 0.200. The highest BCUT2D eigenvalue weighted by Crippen LogP contribution is 2.33. The summed E-state index contributed by atoms with van der Waals surface area (Å²) in [5.74, 6) is 1.62. The molecule has 0 amide bonds. The van der Waals surface area contributed by atoms with Crippen LogP contribution in [-0.2, 0) is 0 Å². The normalized spacial score (nSPS) is 18.1. The van der Waals surface area contributed by atoms with Crippen LogP contribution >= 0.6 is 0 Å². The highest BCUT2D eigenvalue weighted by Gasteiger charge is 2.18. The summed E-state index contributed by atoms with van der Waals surface area (Å²) >= 11 is 0. The largest absolute Gasteiger partial charge is 0.493 e. The summed E-state index contributed by atoms with van der Waals surface area (Å²) in [7, 11) is 1.67. The molecule has 1 saturated carbocycles. The summed E-state index contributed by atoms with van der Waals surface area (Å²) in [5.41, 5.74) is 6.97. The van der Waals surface area contributed by atoms with Crippen LogP contribution in [0.2, 0.25) is 0 Å². The van der Waals surface area contributed by atoms with E-state index < -0.39 is 0 Å². The number of methoxy groups -OCH3 is 1. The summed E-state index contributed by atoms with van der Waals surface area (Å²) in [5, 5.41) is 0. The van der Waals surface area contributed by atoms with Crippen LogP contribution in [0.15, 0.2) is 18.2 Å². The highest BCUT2D eigenvalue weighted by atomic mass is 16.5. The smallest absolute Gasteiger partial charge is 0.161 e. The van der Waals surface area contributed by atoms with Gasteiger partial charge in [-0.1, -0.05) is 6.07 Å². The van der Waals surface area contributed by atoms with Crippen molar-refractivity contribution in [2.75, 3.05) is 7.11 Å². The maximum atomic E-state index is 6.01. The molecule has 0 bridgehead atoms. The molecule has 1 aliphatic carbocycles. The van der Waals surface area contributed by atoms with Crippen molar-refractivity contribution in [3.63, 3.8) is 0 Å². The van der Waals surface area contributed by atoms with Crippen molar-refractivity contribution in [1.29, 1.82) is 0 Å². The number of benzene rings is 1. The van der Waals surface area contributed by atoms with Gasteiger partial charge in [0, 0.05) is 6.04 Å². The molecule has 1 unspecified atom stereocenters. The standard InChI is InChI=1S/C14H21NO2/c1-10(15)11-7-8-13(16-2)14(9-11)17-12-5-3-4-6-12/h7-10,12H,3-6,15H2,1-2H3. The van der Waals surface area contributed by atoms with Crippen LogP contribution in [0.4, 0.5) is 0 Å². The Hall–Kier alpha value is -1.22. The van der Waals surface area contributed by atoms with Gasteiger partial charge in [-0.25, -0.2) is 0 Å². The van der Waals surface area contributed by atoms with Gasteiger partial charge in [-0.3, -0.25) is 0 Å². The van der Waals surface area contributed by atoms with E-state index in [1.807, 2.05) is 25.1 Å². The second-order valence-corrected chi connectivity index (χ2v) is 4.72. The third kappa shape index (κ3) is 2.91. The first-order chi connectivity index (χ1) is 8.20. The molecule has 2 N–H and O–H groups in total. The number of rotatable bonds is 4. The minimum atomic E-state index is 0.0202. The third-order valence-corrected chi connectivity index (χ3v) is 3.31. The van der Waals surface area contributed by atoms with Gasteiger partial charge in [-0.15, -0.1) is 0 Å². The van der Waals surface area contributed by atoms with Gasteiger partial charge >= 0.3 is 0 Å². The molecule has 3 nitrogen and oxygen atoms in total. The quantitative estimate of drug-likeness (QED) is 0.872. The summed E-state index contributed by atoms with van der Waals surface area (Å²) < 4.78 is 11.3. The molecule has 0 saturated heterocycles. The van der Waals surface area contributed by atoms with Gasteiger partial charge < -0.3 is 15.2 Å². The molecular weight excluding hydrogens is 214 g/mol. The monoisotopic (exact) mass is 235 g/mol. The number of ether oxygens (including phenoxy) is 2. The fraction of sp³-hybridized carbons (Fsp3) is 0.571. The van der Waals surface area contributed by atoms with Crippen LogP contribution in [0, 0.1) is 0 Å². The molecule has 0 radical (unpaired) electrons. The molecule has 1 aromatic carbocycles. The van der Waals surface area contributed by atoms with Crippen molar-refractivity contribution in [2.45, 2.75) is 44.8 Å². The fourth-order valence-corrected chi connectivity index (χ4v) is 2.25. The molecular formula is C14H21NO2. The molecule has 94 valence electrons. The first-order valence-corrected chi connectivity index (χ1v) is 6.31. The Morgan fingerprint density at radius 1 is 1.24 bits per heavy atom. The van der Waals surface area contributed by atoms with Crippen LogP contribution in [0.25, 0.3) is 0 Å². The van der Waals surface area contributed by atoms with Crippen molar-refractivity contribution < 1.29 is 9.47 Å². The SMILES string of the molecule is COc1ccc(C(C)N)cc1OC1CCCC1. The summed E-state index contributed by atoms with van der Waals surface area (Å²) in [6.07, 6.45) is 5.16. The zero-order chi connectivity index (χ0) is 12.3. The second-order valence-electron chi connectivity index (χ2n) is 4.72. The Balaban J connectivity index is 2.19. The second kappa shape index (κ2) is 5.41. The number of nitrogens with two attached hydrogens (primary N) is 1. The average molecular weight is 235 g/mol. The van der Waals surface area contributed by atoms with Gasteiger partial charge in [-0.2, -0.15) is 0 Å². The molecule has 1 fully saturated rings. The van der Waals surface area contributed by atoms with E-state index in [-0.39, 0.29) is 6.04 Å². The Bertz CT molecular complexity index is 370. The summed E-state index contributed by atoms with van der Waals surface area (Å²) in [6, 6.07) is 5.95. The maximum Gasteiger partial charge on any atom is 0.161 e. The molecule has 1 aliphatic rings. The predicted molar refractivity (Wildman–Crippen MR) is 68.5 cm³/mol. The molecule has 2 rings (SSSR count). The lowest BCUT2D eigenvalue weighted by atomic mass is 10.1. The maximum absolute atomic E-state index is 6.01. The fourth-order valence-electron chi connectivity index (χ4n) is 2.25. The molecule has 17 heavy (non-hydrogen) atoms. The molecule has 0 spiro atoms. The van der Waals surface area contributed by atoms with Crippen LogP contribution in [0.3, 0.4) is 0 Å². The Morgan fingerprint density at radius 2 is 1.94 bits per heavy atom. The van der Waals surface area contributed by atoms with E-state index in [4.69, 9.17) is 15.2 Å². The van der Waals surface area contributed by atoms with Crippen molar-refractivity contribution in [2.24, 2.45) is 5.73 Å². The van der Waals surface area contributed by atoms with Gasteiger partial charge in [0.25, 0.3) is 0 Å². The lowest BCUT2D eigenvalue weighted by Gasteiger charge is -2.17. The minimum Gasteiger partial charge on any atom is -0.493 e. The van der Waals surface area contributed by atoms with Crippen LogP contribution in [-0.4, -0.2) is 13.2 Å². The zero-order valence-electron chi connectivity index (χ0n) is 10.6. The average Bonchev–Trinajstić information content (AvgIpc) is 2.81. The van der Waals surface area contributed by atoms with Crippen molar-refractivity contribution >= 4 is 0 Å². The van der Waals surface area contributed by atoms with E-state index in [1.54, 1.807) is 7.11 Å². The van der Waals surface area contributed by atoms with E-state index in [0.717, 1.165) is 29.9 Å². The topological polar surface area (TPSA) is 44.5 Å². The number of hydrogen-bond donors (Lipinski definition) is 1. The Kier molecular flexibility index (Phi) is 3.89. The third-order valence-electron chi connectivity index (χ3n) is 3.31. The van der Waals surface area contributed by atoms with E-state index in [9.17, 15) is 0 Å². The first-order valence-electron chi connectivity index (χ1n) is 6.31. The first kappa shape index (κ1) is 12.2. The highest BCUT2D eigenvalue weighted by molar-refractivity contribution is 5.43. The van der Waals surface area contributed by atoms with Crippen molar-refractivity contribution in [1.82, 2.24) is 0 Å². The summed E-state index contributed by atoms with van der Waals surface area (Å²) in [4.78, 5) is 0. The molecule has 1 atom stereocenters. The summed E-state index contributed by atoms with van der Waals surface area (Å²) in [6.45, 7) is 1.97. The van der Waals surface area contributed by atoms with Crippen molar-refractivity contribution in [3.05, 3.63) is 23.8 Å². The minimum absolute atomic E-state index is 0.0202. The van der Waals surface area contributed by atoms with E-state index >= 15 is 0 Å². The molecule has 3 heteroatoms. The molecule has 0 heterocycles. The van der Waals surface area contributed by atoms with E-state index in [0.29, 0.717) is 6.10 Å². The Labute approximate surface area is 103 Å². The van der Waals surface area contributed by atoms with Crippen LogP contribution in [0.1, 0.15) is 44.2 Å². The number of hydrogen-bond acceptors (Lipinski definition) is 3. The Morgan fingerprint density at radius 3 is 2.53 bits per heavy atom. The van der Waals surface area contributed by atoms with Gasteiger partial charge in [0.2, 0.25) is 0 Å². The zero-order valence-corrected chi connectivity index (χ0v) is 10.6. The molecule has 0 aliphatic heterocycles. The lowest BCUT2D eigenvalue weighted by Crippen LogP contribution is -2.12. The van der Waals surface area contributed by atoms with Crippen LogP contribution in [0.5, 0.6) is 11.5 Å². The molecule has 1 aromatic rings. The van der Waals surface area contributed by atoms with Gasteiger partial charge in [0.1, 0.15) is 0 Å². The van der Waals surface area contributed by atoms with Gasteiger partial charge in [0.05, 0.1) is 13.2 Å². The van der Waals surface area contributed by atoms with Crippen molar-refractivity contribution in [3.8, 4) is 11.5 Å².